The Labute approximate surface area is 129 Å². The Balaban J connectivity index is 2.00. The minimum atomic E-state index is -0.385. The van der Waals surface area contributed by atoms with Gasteiger partial charge in [0.1, 0.15) is 18.2 Å². The summed E-state index contributed by atoms with van der Waals surface area (Å²) in [5.41, 5.74) is 2.48. The average molecular weight is 300 g/mol. The largest absolute Gasteiger partial charge is 0.489 e. The number of hydrogen-bond donors (Lipinski definition) is 0. The number of carbonyl (C=O) groups is 1. The van der Waals surface area contributed by atoms with E-state index in [1.165, 1.54) is 25.3 Å². The van der Waals surface area contributed by atoms with Crippen molar-refractivity contribution in [3.63, 3.8) is 0 Å². The molecule has 0 amide bonds. The molecule has 4 heteroatoms. The first-order chi connectivity index (χ1) is 10.6. The fraction of sp³-hybridized carbons (Fsp3) is 0.167. The van der Waals surface area contributed by atoms with Crippen LogP contribution in [0.5, 0.6) is 5.75 Å². The summed E-state index contributed by atoms with van der Waals surface area (Å²) in [5, 5.41) is 0. The van der Waals surface area contributed by atoms with Crippen molar-refractivity contribution in [1.82, 2.24) is 0 Å². The predicted octanol–water partition coefficient (Wildman–Crippen LogP) is 3.98. The topological polar surface area (TPSA) is 35.5 Å². The Morgan fingerprint density at radius 1 is 1.18 bits per heavy atom. The highest BCUT2D eigenvalue weighted by Crippen LogP contribution is 2.19. The average Bonchev–Trinajstić information content (AvgIpc) is 2.53. The van der Waals surface area contributed by atoms with Gasteiger partial charge in [0.25, 0.3) is 0 Å². The van der Waals surface area contributed by atoms with Gasteiger partial charge in [-0.1, -0.05) is 24.3 Å². The van der Waals surface area contributed by atoms with Crippen LogP contribution in [0.4, 0.5) is 4.39 Å². The Morgan fingerprint density at radius 3 is 2.55 bits per heavy atom. The summed E-state index contributed by atoms with van der Waals surface area (Å²) >= 11 is 0. The lowest BCUT2D eigenvalue weighted by molar-refractivity contribution is -0.134. The second-order valence-corrected chi connectivity index (χ2v) is 4.79. The summed E-state index contributed by atoms with van der Waals surface area (Å²) in [6, 6.07) is 13.6. The Kier molecular flexibility index (Phi) is 5.31. The van der Waals surface area contributed by atoms with Crippen LogP contribution in [-0.2, 0) is 16.1 Å². The maximum atomic E-state index is 13.1. The molecule has 0 saturated carbocycles. The number of carbonyl (C=O) groups excluding carboxylic acids is 1. The van der Waals surface area contributed by atoms with Gasteiger partial charge in [-0.15, -0.1) is 0 Å². The molecule has 0 N–H and O–H groups in total. The molecule has 0 aliphatic heterocycles. The van der Waals surface area contributed by atoms with E-state index in [9.17, 15) is 9.18 Å². The summed E-state index contributed by atoms with van der Waals surface area (Å²) in [6.07, 6.45) is 1.43. The third-order valence-corrected chi connectivity index (χ3v) is 3.14. The van der Waals surface area contributed by atoms with Gasteiger partial charge in [0, 0.05) is 6.08 Å². The summed E-state index contributed by atoms with van der Waals surface area (Å²) < 4.78 is 23.3. The van der Waals surface area contributed by atoms with E-state index in [-0.39, 0.29) is 11.8 Å². The number of benzene rings is 2. The quantitative estimate of drug-likeness (QED) is 0.619. The highest BCUT2D eigenvalue weighted by atomic mass is 19.1. The van der Waals surface area contributed by atoms with Crippen LogP contribution in [0.2, 0.25) is 0 Å². The van der Waals surface area contributed by atoms with Crippen molar-refractivity contribution in [2.24, 2.45) is 0 Å². The van der Waals surface area contributed by atoms with E-state index in [1.807, 2.05) is 31.2 Å². The second kappa shape index (κ2) is 7.41. The number of hydrogen-bond acceptors (Lipinski definition) is 3. The number of allylic oxidation sites excluding steroid dienone is 1. The summed E-state index contributed by atoms with van der Waals surface area (Å²) in [6.45, 7) is 2.13. The minimum absolute atomic E-state index is 0.278. The van der Waals surface area contributed by atoms with Crippen LogP contribution in [0.3, 0.4) is 0 Å². The molecule has 2 aromatic rings. The van der Waals surface area contributed by atoms with Crippen LogP contribution in [0.1, 0.15) is 18.1 Å². The summed E-state index contributed by atoms with van der Waals surface area (Å²) in [4.78, 5) is 11.2. The number of halogens is 1. The molecule has 0 aliphatic carbocycles. The molecule has 0 heterocycles. The number of rotatable bonds is 5. The van der Waals surface area contributed by atoms with Gasteiger partial charge in [-0.25, -0.2) is 9.18 Å². The molecule has 0 unspecified atom stereocenters. The van der Waals surface area contributed by atoms with Gasteiger partial charge in [-0.05, 0) is 47.9 Å². The zero-order chi connectivity index (χ0) is 15.9. The molecule has 0 bridgehead atoms. The van der Waals surface area contributed by atoms with Crippen LogP contribution < -0.4 is 4.74 Å². The van der Waals surface area contributed by atoms with E-state index in [1.54, 1.807) is 12.1 Å². The summed E-state index contributed by atoms with van der Waals surface area (Å²) in [7, 11) is 1.34. The van der Waals surface area contributed by atoms with E-state index in [2.05, 4.69) is 4.74 Å². The third-order valence-electron chi connectivity index (χ3n) is 3.14. The van der Waals surface area contributed by atoms with Gasteiger partial charge in [-0.2, -0.15) is 0 Å². The number of ether oxygens (including phenoxy) is 2. The predicted molar refractivity (Wildman–Crippen MR) is 82.8 cm³/mol. The molecule has 0 aromatic heterocycles. The molecule has 0 saturated heterocycles. The van der Waals surface area contributed by atoms with E-state index < -0.39 is 0 Å². The van der Waals surface area contributed by atoms with Crippen molar-refractivity contribution >= 4 is 11.5 Å². The van der Waals surface area contributed by atoms with E-state index in [0.29, 0.717) is 12.4 Å². The summed E-state index contributed by atoms with van der Waals surface area (Å²) in [5.74, 6) is 0.0165. The van der Waals surface area contributed by atoms with E-state index in [0.717, 1.165) is 16.7 Å². The first-order valence-electron chi connectivity index (χ1n) is 6.82. The Bertz CT molecular complexity index is 675. The maximum absolute atomic E-state index is 13.1. The van der Waals surface area contributed by atoms with Crippen LogP contribution in [0.25, 0.3) is 5.57 Å². The van der Waals surface area contributed by atoms with Gasteiger partial charge in [-0.3, -0.25) is 0 Å². The second-order valence-electron chi connectivity index (χ2n) is 4.79. The van der Waals surface area contributed by atoms with Gasteiger partial charge in [0.2, 0.25) is 0 Å². The van der Waals surface area contributed by atoms with Crippen molar-refractivity contribution in [3.8, 4) is 5.75 Å². The highest BCUT2D eigenvalue weighted by molar-refractivity contribution is 5.90. The van der Waals surface area contributed by atoms with Crippen LogP contribution >= 0.6 is 0 Å². The van der Waals surface area contributed by atoms with Crippen LogP contribution in [0, 0.1) is 5.82 Å². The van der Waals surface area contributed by atoms with Gasteiger partial charge >= 0.3 is 5.97 Å². The van der Waals surface area contributed by atoms with Gasteiger partial charge in [0.15, 0.2) is 0 Å². The Morgan fingerprint density at radius 2 is 1.91 bits per heavy atom. The van der Waals surface area contributed by atoms with Gasteiger partial charge < -0.3 is 9.47 Å². The highest BCUT2D eigenvalue weighted by Gasteiger charge is 2.02. The van der Waals surface area contributed by atoms with Crippen LogP contribution in [-0.4, -0.2) is 13.1 Å². The molecule has 2 rings (SSSR count). The number of methoxy groups -OCH3 is 1. The molecule has 22 heavy (non-hydrogen) atoms. The van der Waals surface area contributed by atoms with Crippen molar-refractivity contribution in [3.05, 3.63) is 71.6 Å². The van der Waals surface area contributed by atoms with Crippen molar-refractivity contribution in [2.75, 3.05) is 7.11 Å². The smallest absolute Gasteiger partial charge is 0.330 e. The van der Waals surface area contributed by atoms with Gasteiger partial charge in [0.05, 0.1) is 7.11 Å². The fourth-order valence-corrected chi connectivity index (χ4v) is 1.93. The molecule has 0 fully saturated rings. The van der Waals surface area contributed by atoms with Crippen molar-refractivity contribution in [2.45, 2.75) is 13.5 Å². The normalized spacial score (nSPS) is 11.1. The molecule has 0 atom stereocenters. The number of esters is 1. The lowest BCUT2D eigenvalue weighted by Gasteiger charge is -2.08. The standard InChI is InChI=1S/C18H17FO3/c1-13(10-18(20)21-2)15-6-8-17(9-7-15)22-12-14-4-3-5-16(19)11-14/h3-11H,12H2,1-2H3/b13-10+. The molecule has 2 aromatic carbocycles. The molecule has 0 aliphatic rings. The minimum Gasteiger partial charge on any atom is -0.489 e. The van der Waals surface area contributed by atoms with Crippen LogP contribution in [0.15, 0.2) is 54.6 Å². The zero-order valence-corrected chi connectivity index (χ0v) is 12.5. The van der Waals surface area contributed by atoms with E-state index in [4.69, 9.17) is 4.74 Å². The van der Waals surface area contributed by atoms with E-state index >= 15 is 0 Å². The fourth-order valence-electron chi connectivity index (χ4n) is 1.93. The first-order valence-corrected chi connectivity index (χ1v) is 6.82. The Hall–Kier alpha value is -2.62. The lowest BCUT2D eigenvalue weighted by atomic mass is 10.1. The molecule has 0 spiro atoms. The molecule has 114 valence electrons. The first kappa shape index (κ1) is 15.8. The molecule has 3 nitrogen and oxygen atoms in total. The zero-order valence-electron chi connectivity index (χ0n) is 12.5. The lowest BCUT2D eigenvalue weighted by Crippen LogP contribution is -1.97. The SMILES string of the molecule is COC(=O)/C=C(\C)c1ccc(OCc2cccc(F)c2)cc1. The van der Waals surface area contributed by atoms with Crippen molar-refractivity contribution in [1.29, 1.82) is 0 Å². The maximum Gasteiger partial charge on any atom is 0.330 e. The molecular weight excluding hydrogens is 283 g/mol. The molecular formula is C18H17FO3. The monoisotopic (exact) mass is 300 g/mol. The third kappa shape index (κ3) is 4.45. The van der Waals surface area contributed by atoms with Crippen molar-refractivity contribution < 1.29 is 18.7 Å². The molecule has 0 radical (unpaired) electrons.